The molecule has 6 heteroatoms. The first kappa shape index (κ1) is 16.7. The van der Waals surface area contributed by atoms with E-state index in [1.165, 1.54) is 6.07 Å². The van der Waals surface area contributed by atoms with Gasteiger partial charge < -0.3 is 15.2 Å². The average Bonchev–Trinajstić information content (AvgIpc) is 2.78. The number of fused-ring (bicyclic) bond motifs is 3. The van der Waals surface area contributed by atoms with Gasteiger partial charge in [-0.2, -0.15) is 0 Å². The van der Waals surface area contributed by atoms with E-state index in [0.29, 0.717) is 0 Å². The van der Waals surface area contributed by atoms with Gasteiger partial charge >= 0.3 is 0 Å². The molecule has 0 saturated carbocycles. The number of carbonyl (C=O) groups is 1. The molecule has 26 heavy (non-hydrogen) atoms. The summed E-state index contributed by atoms with van der Waals surface area (Å²) in [5.74, 6) is -1.76. The molecule has 1 aromatic heterocycles. The molecule has 3 aromatic rings. The fraction of sp³-hybridized carbons (Fsp3) is 0.250. The molecule has 0 bridgehead atoms. The van der Waals surface area contributed by atoms with Crippen LogP contribution in [-0.4, -0.2) is 23.6 Å². The van der Waals surface area contributed by atoms with Crippen molar-refractivity contribution in [2.24, 2.45) is 0 Å². The van der Waals surface area contributed by atoms with Crippen LogP contribution in [0.5, 0.6) is 0 Å². The molecule has 0 saturated heterocycles. The lowest BCUT2D eigenvalue weighted by atomic mass is 10.1. The van der Waals surface area contributed by atoms with Gasteiger partial charge in [0.25, 0.3) is 0 Å². The molecular weight excluding hydrogens is 336 g/mol. The summed E-state index contributed by atoms with van der Waals surface area (Å²) in [4.78, 5) is 12.5. The highest BCUT2D eigenvalue weighted by Crippen LogP contribution is 2.28. The molecule has 0 unspecified atom stereocenters. The minimum absolute atomic E-state index is 0.00679. The number of halogens is 2. The summed E-state index contributed by atoms with van der Waals surface area (Å²) in [5.41, 5.74) is 3.23. The Kier molecular flexibility index (Phi) is 4.42. The van der Waals surface area contributed by atoms with E-state index in [1.807, 2.05) is 18.2 Å². The summed E-state index contributed by atoms with van der Waals surface area (Å²) >= 11 is 0. The van der Waals surface area contributed by atoms with Crippen LogP contribution in [0.25, 0.3) is 10.9 Å². The number of hydrogen-bond acceptors (Lipinski definition) is 2. The molecule has 4 nitrogen and oxygen atoms in total. The summed E-state index contributed by atoms with van der Waals surface area (Å²) in [6.45, 7) is 2.60. The van der Waals surface area contributed by atoms with Crippen molar-refractivity contribution in [3.63, 3.8) is 0 Å². The molecular formula is C20H19F2N3O. The zero-order chi connectivity index (χ0) is 18.1. The molecule has 0 spiro atoms. The van der Waals surface area contributed by atoms with Gasteiger partial charge in [-0.1, -0.05) is 18.2 Å². The van der Waals surface area contributed by atoms with Crippen LogP contribution in [-0.2, 0) is 24.2 Å². The SMILES string of the molecule is O=C(Cc1c2n(c3ccccc13)CCNCC2)Nc1ccc(F)cc1F. The summed E-state index contributed by atoms with van der Waals surface area (Å²) in [6.07, 6.45) is 0.988. The number of carbonyl (C=O) groups excluding carboxylic acids is 1. The van der Waals surface area contributed by atoms with E-state index in [1.54, 1.807) is 0 Å². The Bertz CT molecular complexity index is 981. The van der Waals surface area contributed by atoms with Gasteiger partial charge in [-0.25, -0.2) is 8.78 Å². The van der Waals surface area contributed by atoms with Crippen LogP contribution in [0.4, 0.5) is 14.5 Å². The van der Waals surface area contributed by atoms with Crippen molar-refractivity contribution in [1.29, 1.82) is 0 Å². The molecule has 4 rings (SSSR count). The third-order valence-corrected chi connectivity index (χ3v) is 4.79. The van der Waals surface area contributed by atoms with Crippen LogP contribution in [0, 0.1) is 11.6 Å². The van der Waals surface area contributed by atoms with E-state index >= 15 is 0 Å². The maximum Gasteiger partial charge on any atom is 0.228 e. The van der Waals surface area contributed by atoms with E-state index in [4.69, 9.17) is 0 Å². The standard InChI is InChI=1S/C20H19F2N3O/c21-13-5-6-17(16(22)11-13)24-20(26)12-15-14-3-1-2-4-18(14)25-10-9-23-8-7-19(15)25/h1-6,11,23H,7-10,12H2,(H,24,26). The Morgan fingerprint density at radius 2 is 2.00 bits per heavy atom. The molecule has 2 N–H and O–H groups in total. The summed E-state index contributed by atoms with van der Waals surface area (Å²) in [6, 6.07) is 11.2. The van der Waals surface area contributed by atoms with E-state index in [2.05, 4.69) is 21.3 Å². The van der Waals surface area contributed by atoms with Crippen LogP contribution in [0.3, 0.4) is 0 Å². The first-order valence-electron chi connectivity index (χ1n) is 8.68. The predicted molar refractivity (Wildman–Crippen MR) is 97.2 cm³/mol. The molecule has 0 fully saturated rings. The second-order valence-corrected chi connectivity index (χ2v) is 6.44. The van der Waals surface area contributed by atoms with Crippen LogP contribution in [0.1, 0.15) is 11.3 Å². The van der Waals surface area contributed by atoms with Gasteiger partial charge in [0.05, 0.1) is 12.1 Å². The van der Waals surface area contributed by atoms with E-state index < -0.39 is 11.6 Å². The maximum absolute atomic E-state index is 13.8. The van der Waals surface area contributed by atoms with E-state index in [-0.39, 0.29) is 18.0 Å². The van der Waals surface area contributed by atoms with Crippen LogP contribution in [0.2, 0.25) is 0 Å². The highest BCUT2D eigenvalue weighted by molar-refractivity contribution is 5.96. The Balaban J connectivity index is 1.66. The van der Waals surface area contributed by atoms with Gasteiger partial charge in [0.1, 0.15) is 11.6 Å². The highest BCUT2D eigenvalue weighted by Gasteiger charge is 2.20. The summed E-state index contributed by atoms with van der Waals surface area (Å²) in [7, 11) is 0. The lowest BCUT2D eigenvalue weighted by Crippen LogP contribution is -2.18. The van der Waals surface area contributed by atoms with Crippen molar-refractivity contribution in [2.45, 2.75) is 19.4 Å². The monoisotopic (exact) mass is 355 g/mol. The molecule has 1 aliphatic rings. The molecule has 1 amide bonds. The summed E-state index contributed by atoms with van der Waals surface area (Å²) in [5, 5.41) is 6.98. The number of nitrogens with one attached hydrogen (secondary N) is 2. The molecule has 1 aliphatic heterocycles. The van der Waals surface area contributed by atoms with Gasteiger partial charge in [0, 0.05) is 48.7 Å². The fourth-order valence-electron chi connectivity index (χ4n) is 3.63. The van der Waals surface area contributed by atoms with Crippen molar-refractivity contribution >= 4 is 22.5 Å². The smallest absolute Gasteiger partial charge is 0.228 e. The second-order valence-electron chi connectivity index (χ2n) is 6.44. The van der Waals surface area contributed by atoms with Crippen LogP contribution >= 0.6 is 0 Å². The number of anilines is 1. The number of rotatable bonds is 3. The van der Waals surface area contributed by atoms with Crippen molar-refractivity contribution in [2.75, 3.05) is 18.4 Å². The Morgan fingerprint density at radius 3 is 2.85 bits per heavy atom. The Hall–Kier alpha value is -2.73. The molecule has 0 radical (unpaired) electrons. The molecule has 2 heterocycles. The first-order chi connectivity index (χ1) is 12.6. The van der Waals surface area contributed by atoms with Gasteiger partial charge in [0.2, 0.25) is 5.91 Å². The zero-order valence-corrected chi connectivity index (χ0v) is 14.2. The Labute approximate surface area is 149 Å². The third kappa shape index (κ3) is 3.08. The largest absolute Gasteiger partial charge is 0.343 e. The van der Waals surface area contributed by atoms with E-state index in [0.717, 1.165) is 60.3 Å². The van der Waals surface area contributed by atoms with Crippen LogP contribution < -0.4 is 10.6 Å². The van der Waals surface area contributed by atoms with Gasteiger partial charge in [0.15, 0.2) is 0 Å². The maximum atomic E-state index is 13.8. The third-order valence-electron chi connectivity index (χ3n) is 4.79. The molecule has 0 atom stereocenters. The lowest BCUT2D eigenvalue weighted by Gasteiger charge is -2.09. The predicted octanol–water partition coefficient (Wildman–Crippen LogP) is 3.25. The zero-order valence-electron chi connectivity index (χ0n) is 14.2. The van der Waals surface area contributed by atoms with Crippen molar-refractivity contribution in [3.8, 4) is 0 Å². The highest BCUT2D eigenvalue weighted by atomic mass is 19.1. The van der Waals surface area contributed by atoms with Gasteiger partial charge in [-0.05, 0) is 23.8 Å². The fourth-order valence-corrected chi connectivity index (χ4v) is 3.63. The van der Waals surface area contributed by atoms with Crippen molar-refractivity contribution < 1.29 is 13.6 Å². The number of benzene rings is 2. The minimum atomic E-state index is -0.775. The average molecular weight is 355 g/mol. The number of aromatic nitrogens is 1. The quantitative estimate of drug-likeness (QED) is 0.758. The van der Waals surface area contributed by atoms with E-state index in [9.17, 15) is 13.6 Å². The summed E-state index contributed by atoms with van der Waals surface area (Å²) < 4.78 is 29.1. The normalized spacial score (nSPS) is 14.1. The molecule has 2 aromatic carbocycles. The van der Waals surface area contributed by atoms with Gasteiger partial charge in [-0.3, -0.25) is 4.79 Å². The second kappa shape index (κ2) is 6.88. The Morgan fingerprint density at radius 1 is 1.15 bits per heavy atom. The topological polar surface area (TPSA) is 46.1 Å². The number of hydrogen-bond donors (Lipinski definition) is 2. The first-order valence-corrected chi connectivity index (χ1v) is 8.68. The molecule has 0 aliphatic carbocycles. The lowest BCUT2D eigenvalue weighted by molar-refractivity contribution is -0.115. The number of amides is 1. The number of nitrogens with zero attached hydrogens (tertiary/aromatic N) is 1. The number of para-hydroxylation sites is 1. The van der Waals surface area contributed by atoms with Crippen molar-refractivity contribution in [1.82, 2.24) is 9.88 Å². The minimum Gasteiger partial charge on any atom is -0.343 e. The van der Waals surface area contributed by atoms with Gasteiger partial charge in [-0.15, -0.1) is 0 Å². The molecule has 134 valence electrons. The van der Waals surface area contributed by atoms with Crippen LogP contribution in [0.15, 0.2) is 42.5 Å². The van der Waals surface area contributed by atoms with Crippen molar-refractivity contribution in [3.05, 3.63) is 65.4 Å².